The van der Waals surface area contributed by atoms with Gasteiger partial charge in [-0.1, -0.05) is 148 Å². The molecule has 0 saturated carbocycles. The van der Waals surface area contributed by atoms with E-state index in [2.05, 4.69) is 139 Å². The Morgan fingerprint density at radius 2 is 0.830 bits per heavy atom. The Kier molecular flexibility index (Phi) is 18.4. The van der Waals surface area contributed by atoms with Crippen molar-refractivity contribution in [1.29, 1.82) is 0 Å². The average molecular weight is 736 g/mol. The summed E-state index contributed by atoms with van der Waals surface area (Å²) in [5, 5.41) is 6.27. The van der Waals surface area contributed by atoms with Gasteiger partial charge in [0.15, 0.2) is 0 Å². The zero-order valence-electron chi connectivity index (χ0n) is 29.0. The van der Waals surface area contributed by atoms with E-state index in [-0.39, 0.29) is 58.9 Å². The number of hydrogen-bond acceptors (Lipinski definition) is 0. The first-order chi connectivity index (χ1) is 21.0. The van der Waals surface area contributed by atoms with Gasteiger partial charge in [0.05, 0.1) is 8.07 Å². The fourth-order valence-electron chi connectivity index (χ4n) is 7.01. The van der Waals surface area contributed by atoms with Crippen LogP contribution in [0.3, 0.4) is 0 Å². The molecule has 4 aromatic rings. The standard InChI is InChI=1S/C42H49Si.3ClH.Ti/c1-7-31-21-32(8-2)26-39(25-31)43(40-27-33(9-3)22-34(10-4)28-40,41-29-35(11-5)23-36(12-6)30-41)42-20-16-19-38(42)24-37-17-14-13-15-18-37;;;;/h13-18,21-23,25-30H,7-12,20,24H2,1-6H3;3*1H;/q-1;;;;+4/p-3. The molecule has 0 fully saturated rings. The first kappa shape index (κ1) is 43.2. The van der Waals surface area contributed by atoms with Crippen molar-refractivity contribution in [3.05, 3.63) is 147 Å². The van der Waals surface area contributed by atoms with E-state index in [1.54, 1.807) is 20.8 Å². The quantitative estimate of drug-likeness (QED) is 0.104. The second-order valence-corrected chi connectivity index (χ2v) is 16.0. The van der Waals surface area contributed by atoms with Crippen LogP contribution >= 0.6 is 0 Å². The minimum absolute atomic E-state index is 0. The monoisotopic (exact) mass is 734 g/mol. The van der Waals surface area contributed by atoms with Crippen LogP contribution in [0.2, 0.25) is 0 Å². The molecule has 0 N–H and O–H groups in total. The van der Waals surface area contributed by atoms with Crippen molar-refractivity contribution in [3.8, 4) is 0 Å². The molecular formula is C42H49Cl3SiTi. The molecule has 0 radical (unpaired) electrons. The molecule has 1 aliphatic rings. The Morgan fingerprint density at radius 1 is 0.489 bits per heavy atom. The van der Waals surface area contributed by atoms with Gasteiger partial charge in [0.25, 0.3) is 0 Å². The van der Waals surface area contributed by atoms with Crippen LogP contribution in [0.25, 0.3) is 0 Å². The fourth-order valence-corrected chi connectivity index (χ4v) is 12.5. The van der Waals surface area contributed by atoms with Crippen molar-refractivity contribution in [3.63, 3.8) is 0 Å². The van der Waals surface area contributed by atoms with Gasteiger partial charge in [0.2, 0.25) is 0 Å². The zero-order chi connectivity index (χ0) is 30.4. The van der Waals surface area contributed by atoms with Crippen LogP contribution in [0.4, 0.5) is 0 Å². The summed E-state index contributed by atoms with van der Waals surface area (Å²) in [6.45, 7) is 13.9. The van der Waals surface area contributed by atoms with E-state index in [1.165, 1.54) is 44.5 Å². The molecule has 0 nitrogen and oxygen atoms in total. The maximum atomic E-state index is 3.83. The van der Waals surface area contributed by atoms with E-state index in [4.69, 9.17) is 0 Å². The van der Waals surface area contributed by atoms with Gasteiger partial charge in [-0.25, -0.2) is 10.8 Å². The van der Waals surface area contributed by atoms with E-state index in [9.17, 15) is 0 Å². The first-order valence-corrected chi connectivity index (χ1v) is 18.7. The van der Waals surface area contributed by atoms with Gasteiger partial charge in [0, 0.05) is 0 Å². The molecule has 5 heteroatoms. The molecule has 0 amide bonds. The molecule has 0 unspecified atom stereocenters. The van der Waals surface area contributed by atoms with Crippen LogP contribution in [-0.4, -0.2) is 8.07 Å². The molecule has 5 rings (SSSR count). The molecule has 0 bridgehead atoms. The summed E-state index contributed by atoms with van der Waals surface area (Å²) in [6, 6.07) is 33.9. The molecule has 0 aliphatic heterocycles. The minimum Gasteiger partial charge on any atom is -1.00 e. The van der Waals surface area contributed by atoms with Crippen molar-refractivity contribution < 1.29 is 58.9 Å². The Bertz CT molecular complexity index is 1440. The molecule has 0 aromatic heterocycles. The maximum Gasteiger partial charge on any atom is 4.00 e. The summed E-state index contributed by atoms with van der Waals surface area (Å²) < 4.78 is 0. The van der Waals surface area contributed by atoms with E-state index in [0.29, 0.717) is 0 Å². The molecule has 0 saturated heterocycles. The van der Waals surface area contributed by atoms with Crippen LogP contribution in [-0.2, 0) is 66.7 Å². The first-order valence-electron chi connectivity index (χ1n) is 16.7. The summed E-state index contributed by atoms with van der Waals surface area (Å²) in [6.07, 6.45) is 14.4. The fraction of sp³-hybridized carbons (Fsp3) is 0.333. The minimum atomic E-state index is -2.71. The molecule has 246 valence electrons. The average Bonchev–Trinajstić information content (AvgIpc) is 3.52. The third-order valence-electron chi connectivity index (χ3n) is 9.53. The molecule has 47 heavy (non-hydrogen) atoms. The predicted octanol–water partition coefficient (Wildman–Crippen LogP) is -0.618. The Morgan fingerprint density at radius 3 is 1.15 bits per heavy atom. The van der Waals surface area contributed by atoms with Crippen LogP contribution in [0, 0.1) is 6.08 Å². The van der Waals surface area contributed by atoms with Gasteiger partial charge < -0.3 is 37.2 Å². The van der Waals surface area contributed by atoms with Gasteiger partial charge in [0.1, 0.15) is 0 Å². The molecule has 0 heterocycles. The van der Waals surface area contributed by atoms with Crippen LogP contribution < -0.4 is 52.8 Å². The van der Waals surface area contributed by atoms with E-state index >= 15 is 0 Å². The largest absolute Gasteiger partial charge is 4.00 e. The number of rotatable bonds is 12. The summed E-state index contributed by atoms with van der Waals surface area (Å²) in [7, 11) is -2.71. The normalized spacial score (nSPS) is 12.1. The Balaban J connectivity index is 0.00000276. The van der Waals surface area contributed by atoms with E-state index in [0.717, 1.165) is 51.4 Å². The van der Waals surface area contributed by atoms with Crippen LogP contribution in [0.5, 0.6) is 0 Å². The van der Waals surface area contributed by atoms with Crippen molar-refractivity contribution in [2.75, 3.05) is 0 Å². The molecule has 4 aromatic carbocycles. The molecule has 0 atom stereocenters. The number of hydrogen-bond donors (Lipinski definition) is 0. The maximum absolute atomic E-state index is 3.83. The Labute approximate surface area is 320 Å². The Hall–Kier alpha value is -1.84. The summed E-state index contributed by atoms with van der Waals surface area (Å²) in [5.74, 6) is 0. The molecular weight excluding hydrogens is 687 g/mol. The smallest absolute Gasteiger partial charge is 1.00 e. The number of halogens is 3. The summed E-state index contributed by atoms with van der Waals surface area (Å²) in [4.78, 5) is 0. The van der Waals surface area contributed by atoms with Gasteiger partial charge >= 0.3 is 21.7 Å². The van der Waals surface area contributed by atoms with Gasteiger partial charge in [-0.2, -0.15) is 6.08 Å². The van der Waals surface area contributed by atoms with Crippen LogP contribution in [0.15, 0.2) is 102 Å². The summed E-state index contributed by atoms with van der Waals surface area (Å²) in [5.41, 5.74) is 11.5. The molecule has 0 spiro atoms. The topological polar surface area (TPSA) is 0 Å². The van der Waals surface area contributed by atoms with Crippen LogP contribution in [0.1, 0.15) is 86.9 Å². The van der Waals surface area contributed by atoms with Crippen molar-refractivity contribution >= 4 is 23.6 Å². The SMILES string of the molecule is CCc1cc(CC)cc([Si](C2=C(Cc3ccccc3)[C-]=CC2)(c2cc(CC)cc(CC)c2)c2cc(CC)cc(CC)c2)c1.[Cl-].[Cl-].[Cl-].[Ti+4]. The molecule has 1 aliphatic carbocycles. The predicted molar refractivity (Wildman–Crippen MR) is 190 cm³/mol. The third kappa shape index (κ3) is 9.24. The van der Waals surface area contributed by atoms with E-state index < -0.39 is 8.07 Å². The van der Waals surface area contributed by atoms with Crippen molar-refractivity contribution in [2.45, 2.75) is 92.9 Å². The third-order valence-corrected chi connectivity index (χ3v) is 14.4. The van der Waals surface area contributed by atoms with Gasteiger partial charge in [-0.15, -0.1) is 0 Å². The second kappa shape index (κ2) is 20.0. The second-order valence-electron chi connectivity index (χ2n) is 12.2. The summed E-state index contributed by atoms with van der Waals surface area (Å²) >= 11 is 0. The van der Waals surface area contributed by atoms with Gasteiger partial charge in [-0.3, -0.25) is 6.08 Å². The number of aryl methyl sites for hydroxylation is 6. The van der Waals surface area contributed by atoms with Gasteiger partial charge in [-0.05, 0) is 83.9 Å². The van der Waals surface area contributed by atoms with Crippen molar-refractivity contribution in [1.82, 2.24) is 0 Å². The van der Waals surface area contributed by atoms with Crippen molar-refractivity contribution in [2.24, 2.45) is 0 Å². The number of benzene rings is 4. The number of allylic oxidation sites excluding steroid dienone is 4. The van der Waals surface area contributed by atoms with E-state index in [1.807, 2.05) is 0 Å². The zero-order valence-corrected chi connectivity index (χ0v) is 33.8.